The summed E-state index contributed by atoms with van der Waals surface area (Å²) < 4.78 is 5.45. The van der Waals surface area contributed by atoms with E-state index in [1.165, 1.54) is 10.8 Å². The smallest absolute Gasteiger partial charge is 0.198 e. The largest absolute Gasteiger partial charge is 0.434 e. The highest BCUT2D eigenvalue weighted by Crippen LogP contribution is 2.26. The summed E-state index contributed by atoms with van der Waals surface area (Å²) in [5.41, 5.74) is 0. The second kappa shape index (κ2) is 5.09. The number of oxazole rings is 1. The van der Waals surface area contributed by atoms with Gasteiger partial charge in [0, 0.05) is 5.92 Å². The molecule has 2 nitrogen and oxygen atoms in total. The zero-order valence-corrected chi connectivity index (χ0v) is 9.51. The van der Waals surface area contributed by atoms with Crippen LogP contribution >= 0.6 is 34.2 Å². The van der Waals surface area contributed by atoms with Crippen LogP contribution in [0.3, 0.4) is 0 Å². The lowest BCUT2D eigenvalue weighted by atomic mass is 10.2. The Morgan fingerprint density at radius 1 is 1.67 bits per heavy atom. The topological polar surface area (TPSA) is 26.0 Å². The first kappa shape index (κ1) is 10.3. The zero-order chi connectivity index (χ0) is 8.97. The number of rotatable bonds is 4. The number of hydrogen-bond acceptors (Lipinski definition) is 5. The van der Waals surface area contributed by atoms with Gasteiger partial charge >= 0.3 is 0 Å². The van der Waals surface area contributed by atoms with Gasteiger partial charge in [-0.05, 0) is 0 Å². The minimum absolute atomic E-state index is 0.364. The first-order valence-corrected chi connectivity index (χ1v) is 6.61. The third-order valence-corrected chi connectivity index (χ3v) is 3.57. The lowest BCUT2D eigenvalue weighted by Crippen LogP contribution is -1.84. The Balaban J connectivity index is 2.52. The number of thioether (sulfide) groups is 1. The molecule has 1 heterocycles. The van der Waals surface area contributed by atoms with E-state index in [0.717, 1.165) is 16.1 Å². The van der Waals surface area contributed by atoms with E-state index in [9.17, 15) is 0 Å². The summed E-state index contributed by atoms with van der Waals surface area (Å²) in [7, 11) is 1.48. The average molecular weight is 221 g/mol. The molecule has 0 unspecified atom stereocenters. The molecule has 5 heteroatoms. The lowest BCUT2D eigenvalue weighted by Gasteiger charge is -1.95. The van der Waals surface area contributed by atoms with Gasteiger partial charge in [0.15, 0.2) is 11.0 Å². The number of thiol groups is 1. The van der Waals surface area contributed by atoms with Gasteiger partial charge in [-0.1, -0.05) is 36.4 Å². The molecule has 1 aromatic heterocycles. The van der Waals surface area contributed by atoms with Gasteiger partial charge in [0.05, 0.1) is 11.3 Å². The van der Waals surface area contributed by atoms with Crippen LogP contribution in [0, 0.1) is 0 Å². The molecule has 0 radical (unpaired) electrons. The molecule has 0 amide bonds. The van der Waals surface area contributed by atoms with Crippen molar-refractivity contribution < 1.29 is 4.42 Å². The van der Waals surface area contributed by atoms with E-state index in [4.69, 9.17) is 4.42 Å². The second-order valence-corrected chi connectivity index (χ2v) is 5.23. The molecule has 12 heavy (non-hydrogen) atoms. The van der Waals surface area contributed by atoms with Crippen molar-refractivity contribution in [3.8, 4) is 0 Å². The van der Waals surface area contributed by atoms with E-state index in [2.05, 4.69) is 30.5 Å². The summed E-state index contributed by atoms with van der Waals surface area (Å²) in [5.74, 6) is 1.17. The summed E-state index contributed by atoms with van der Waals surface area (Å²) in [6, 6.07) is 0. The van der Waals surface area contributed by atoms with E-state index in [0.29, 0.717) is 5.92 Å². The summed E-state index contributed by atoms with van der Waals surface area (Å²) in [4.78, 5) is 4.15. The summed E-state index contributed by atoms with van der Waals surface area (Å²) in [6.45, 7) is 4.13. The molecule has 0 saturated carbocycles. The van der Waals surface area contributed by atoms with Gasteiger partial charge in [-0.3, -0.25) is 0 Å². The van der Waals surface area contributed by atoms with Crippen molar-refractivity contribution in [1.29, 1.82) is 0 Å². The quantitative estimate of drug-likeness (QED) is 0.365. The predicted octanol–water partition coefficient (Wildman–Crippen LogP) is 3.43. The highest BCUT2D eigenvalue weighted by atomic mass is 33.1. The maximum atomic E-state index is 5.45. The molecular weight excluding hydrogens is 210 g/mol. The monoisotopic (exact) mass is 221 g/mol. The number of hydrogen-bond donors (Lipinski definition) is 1. The molecule has 68 valence electrons. The molecule has 0 N–H and O–H groups in total. The summed E-state index contributed by atoms with van der Waals surface area (Å²) in [5, 5.41) is 1.76. The molecule has 1 aromatic rings. The van der Waals surface area contributed by atoms with E-state index in [-0.39, 0.29) is 0 Å². The standard InChI is InChI=1S/C7H11NOS3/c1-5(2)7-8-3-6(9-7)11-4-12-10/h3,5,10H,4H2,1-2H3. The summed E-state index contributed by atoms with van der Waals surface area (Å²) in [6.07, 6.45) is 1.77. The Bertz CT molecular complexity index is 236. The van der Waals surface area contributed by atoms with Gasteiger partial charge in [0.25, 0.3) is 0 Å². The van der Waals surface area contributed by atoms with Gasteiger partial charge in [0.2, 0.25) is 0 Å². The third kappa shape index (κ3) is 2.95. The average Bonchev–Trinajstić information content (AvgIpc) is 2.48. The molecule has 0 aliphatic rings. The maximum absolute atomic E-state index is 5.45. The highest BCUT2D eigenvalue weighted by Gasteiger charge is 2.07. The Morgan fingerprint density at radius 2 is 2.42 bits per heavy atom. The maximum Gasteiger partial charge on any atom is 0.198 e. The fraction of sp³-hybridized carbons (Fsp3) is 0.571. The van der Waals surface area contributed by atoms with E-state index >= 15 is 0 Å². The Kier molecular flexibility index (Phi) is 4.39. The van der Waals surface area contributed by atoms with Crippen LogP contribution < -0.4 is 0 Å². The predicted molar refractivity (Wildman–Crippen MR) is 57.9 cm³/mol. The first-order chi connectivity index (χ1) is 5.74. The van der Waals surface area contributed by atoms with Crippen LogP contribution in [0.4, 0.5) is 0 Å². The van der Waals surface area contributed by atoms with E-state index < -0.39 is 0 Å². The number of aromatic nitrogens is 1. The molecule has 0 spiro atoms. The molecule has 0 atom stereocenters. The van der Waals surface area contributed by atoms with Gasteiger partial charge < -0.3 is 4.42 Å². The van der Waals surface area contributed by atoms with E-state index in [1.807, 2.05) is 0 Å². The molecule has 0 aromatic carbocycles. The molecule has 1 rings (SSSR count). The van der Waals surface area contributed by atoms with Crippen molar-refractivity contribution in [1.82, 2.24) is 4.98 Å². The van der Waals surface area contributed by atoms with Crippen LogP contribution in [0.1, 0.15) is 25.7 Å². The summed E-state index contributed by atoms with van der Waals surface area (Å²) >= 11 is 5.65. The van der Waals surface area contributed by atoms with Crippen LogP contribution in [0.25, 0.3) is 0 Å². The van der Waals surface area contributed by atoms with Crippen molar-refractivity contribution in [3.63, 3.8) is 0 Å². The molecule has 0 aliphatic carbocycles. The van der Waals surface area contributed by atoms with Gasteiger partial charge in [0.1, 0.15) is 0 Å². The Labute approximate surface area is 85.7 Å². The fourth-order valence-corrected chi connectivity index (χ4v) is 2.11. The fourth-order valence-electron chi connectivity index (χ4n) is 0.690. The third-order valence-electron chi connectivity index (χ3n) is 1.25. The molecule has 0 aliphatic heterocycles. The molecule has 0 fully saturated rings. The molecular formula is C7H11NOS3. The van der Waals surface area contributed by atoms with Crippen LogP contribution in [0.15, 0.2) is 15.7 Å². The van der Waals surface area contributed by atoms with Gasteiger partial charge in [-0.2, -0.15) is 0 Å². The minimum atomic E-state index is 0.364. The van der Waals surface area contributed by atoms with Crippen molar-refractivity contribution >= 4 is 34.2 Å². The SMILES string of the molecule is CC(C)c1ncc(SCSS)o1. The molecule has 0 saturated heterocycles. The van der Waals surface area contributed by atoms with Gasteiger partial charge in [-0.25, -0.2) is 4.98 Å². The number of nitrogens with zero attached hydrogens (tertiary/aromatic N) is 1. The molecule has 0 bridgehead atoms. The normalized spacial score (nSPS) is 11.0. The zero-order valence-electron chi connectivity index (χ0n) is 6.98. The lowest BCUT2D eigenvalue weighted by molar-refractivity contribution is 0.407. The van der Waals surface area contributed by atoms with Gasteiger partial charge in [-0.15, -0.1) is 11.7 Å². The van der Waals surface area contributed by atoms with Crippen molar-refractivity contribution in [2.24, 2.45) is 0 Å². The Hall–Kier alpha value is 0.260. The second-order valence-electron chi connectivity index (χ2n) is 2.56. The van der Waals surface area contributed by atoms with Crippen LogP contribution in [0.5, 0.6) is 0 Å². The Morgan fingerprint density at radius 3 is 2.92 bits per heavy atom. The highest BCUT2D eigenvalue weighted by molar-refractivity contribution is 8.70. The van der Waals surface area contributed by atoms with E-state index in [1.54, 1.807) is 18.0 Å². The first-order valence-electron chi connectivity index (χ1n) is 3.59. The minimum Gasteiger partial charge on any atom is -0.434 e. The van der Waals surface area contributed by atoms with Crippen LogP contribution in [-0.2, 0) is 0 Å². The van der Waals surface area contributed by atoms with Crippen molar-refractivity contribution in [2.45, 2.75) is 24.9 Å². The van der Waals surface area contributed by atoms with Crippen LogP contribution in [0.2, 0.25) is 0 Å². The van der Waals surface area contributed by atoms with Crippen molar-refractivity contribution in [3.05, 3.63) is 12.1 Å². The van der Waals surface area contributed by atoms with Crippen molar-refractivity contribution in [2.75, 3.05) is 5.08 Å². The van der Waals surface area contributed by atoms with Crippen LogP contribution in [-0.4, -0.2) is 10.1 Å².